The Kier molecular flexibility index (Phi) is 4.57. The highest BCUT2D eigenvalue weighted by atomic mass is 16.5. The van der Waals surface area contributed by atoms with Crippen LogP contribution in [0, 0.1) is 6.92 Å². The van der Waals surface area contributed by atoms with Crippen LogP contribution < -0.4 is 0 Å². The zero-order chi connectivity index (χ0) is 17.2. The van der Waals surface area contributed by atoms with Crippen molar-refractivity contribution in [2.75, 3.05) is 19.7 Å². The summed E-state index contributed by atoms with van der Waals surface area (Å²) in [6.07, 6.45) is 7.80. The predicted octanol–water partition coefficient (Wildman–Crippen LogP) is 3.07. The first-order valence-electron chi connectivity index (χ1n) is 9.23. The molecular formula is C20H25N3O2. The Morgan fingerprint density at radius 2 is 2.08 bits per heavy atom. The largest absolute Gasteiger partial charge is 0.368 e. The highest BCUT2D eigenvalue weighted by molar-refractivity contribution is 5.81. The molecule has 0 saturated carbocycles. The molecule has 0 spiro atoms. The molecule has 1 aromatic heterocycles. The molecule has 2 fully saturated rings. The normalized spacial score (nSPS) is 21.6. The number of aryl methyl sites for hydroxylation is 1. The fourth-order valence-corrected chi connectivity index (χ4v) is 3.87. The number of nitrogens with zero attached hydrogens (tertiary/aromatic N) is 3. The maximum atomic E-state index is 12.4. The summed E-state index contributed by atoms with van der Waals surface area (Å²) in [6.45, 7) is 4.46. The Hall–Kier alpha value is -2.14. The Bertz CT molecular complexity index is 741. The number of piperidine rings is 1. The summed E-state index contributed by atoms with van der Waals surface area (Å²) in [4.78, 5) is 14.4. The second kappa shape index (κ2) is 7.00. The molecule has 5 heteroatoms. The van der Waals surface area contributed by atoms with Crippen molar-refractivity contribution in [3.8, 4) is 5.69 Å². The van der Waals surface area contributed by atoms with E-state index >= 15 is 0 Å². The molecule has 2 aromatic rings. The van der Waals surface area contributed by atoms with Crippen LogP contribution in [0.25, 0.3) is 5.69 Å². The van der Waals surface area contributed by atoms with Gasteiger partial charge in [0.05, 0.1) is 11.9 Å². The lowest BCUT2D eigenvalue weighted by Gasteiger charge is -2.33. The quantitative estimate of drug-likeness (QED) is 0.863. The lowest BCUT2D eigenvalue weighted by Crippen LogP contribution is -2.43. The first-order valence-corrected chi connectivity index (χ1v) is 9.23. The van der Waals surface area contributed by atoms with Gasteiger partial charge in [-0.2, -0.15) is 5.10 Å². The summed E-state index contributed by atoms with van der Waals surface area (Å²) in [5.74, 6) is 0.665. The van der Waals surface area contributed by atoms with Gasteiger partial charge in [-0.3, -0.25) is 4.79 Å². The molecule has 132 valence electrons. The van der Waals surface area contributed by atoms with E-state index in [-0.39, 0.29) is 12.0 Å². The third kappa shape index (κ3) is 3.47. The van der Waals surface area contributed by atoms with Gasteiger partial charge in [0.2, 0.25) is 0 Å². The first kappa shape index (κ1) is 16.3. The number of amides is 1. The van der Waals surface area contributed by atoms with Gasteiger partial charge in [-0.1, -0.05) is 12.1 Å². The fraction of sp³-hybridized carbons (Fsp3) is 0.500. The molecule has 2 aliphatic heterocycles. The summed E-state index contributed by atoms with van der Waals surface area (Å²) in [7, 11) is 0. The molecule has 25 heavy (non-hydrogen) atoms. The molecule has 0 bridgehead atoms. The molecule has 2 aliphatic rings. The van der Waals surface area contributed by atoms with Crippen molar-refractivity contribution < 1.29 is 9.53 Å². The number of aromatic nitrogens is 2. The Labute approximate surface area is 148 Å². The number of hydrogen-bond acceptors (Lipinski definition) is 3. The van der Waals surface area contributed by atoms with E-state index in [0.29, 0.717) is 5.92 Å². The lowest BCUT2D eigenvalue weighted by atomic mass is 9.91. The number of hydrogen-bond donors (Lipinski definition) is 0. The van der Waals surface area contributed by atoms with Crippen molar-refractivity contribution in [2.45, 2.75) is 44.6 Å². The van der Waals surface area contributed by atoms with Gasteiger partial charge in [-0.25, -0.2) is 4.68 Å². The van der Waals surface area contributed by atoms with Gasteiger partial charge < -0.3 is 9.64 Å². The average molecular weight is 339 g/mol. The highest BCUT2D eigenvalue weighted by Crippen LogP contribution is 2.29. The minimum Gasteiger partial charge on any atom is -0.368 e. The topological polar surface area (TPSA) is 47.4 Å². The lowest BCUT2D eigenvalue weighted by molar-refractivity contribution is -0.142. The molecule has 0 N–H and O–H groups in total. The SMILES string of the molecule is Cc1cccc(-n2cc(C3CCN(C(=O)[C@H]4CCCO4)CC3)cn2)c1. The number of ether oxygens (including phenoxy) is 1. The zero-order valence-corrected chi connectivity index (χ0v) is 14.7. The molecule has 5 nitrogen and oxygen atoms in total. The van der Waals surface area contributed by atoms with Gasteiger partial charge in [-0.05, 0) is 61.8 Å². The Morgan fingerprint density at radius 1 is 1.24 bits per heavy atom. The third-order valence-electron chi connectivity index (χ3n) is 5.35. The van der Waals surface area contributed by atoms with Crippen LogP contribution >= 0.6 is 0 Å². The van der Waals surface area contributed by atoms with Crippen molar-refractivity contribution in [3.05, 3.63) is 47.8 Å². The van der Waals surface area contributed by atoms with Gasteiger partial charge in [-0.15, -0.1) is 0 Å². The van der Waals surface area contributed by atoms with Gasteiger partial charge in [0, 0.05) is 25.9 Å². The average Bonchev–Trinajstić information content (AvgIpc) is 3.33. The second-order valence-electron chi connectivity index (χ2n) is 7.16. The van der Waals surface area contributed by atoms with Gasteiger partial charge in [0.15, 0.2) is 0 Å². The number of benzene rings is 1. The Balaban J connectivity index is 1.39. The van der Waals surface area contributed by atoms with E-state index in [1.165, 1.54) is 11.1 Å². The van der Waals surface area contributed by atoms with Gasteiger partial charge in [0.1, 0.15) is 6.10 Å². The van der Waals surface area contributed by atoms with E-state index < -0.39 is 0 Å². The van der Waals surface area contributed by atoms with E-state index in [1.54, 1.807) is 0 Å². The van der Waals surface area contributed by atoms with Crippen molar-refractivity contribution in [1.82, 2.24) is 14.7 Å². The van der Waals surface area contributed by atoms with Gasteiger partial charge >= 0.3 is 0 Å². The van der Waals surface area contributed by atoms with E-state index in [0.717, 1.165) is 51.1 Å². The van der Waals surface area contributed by atoms with Crippen LogP contribution in [0.2, 0.25) is 0 Å². The number of likely N-dealkylation sites (tertiary alicyclic amines) is 1. The summed E-state index contributed by atoms with van der Waals surface area (Å²) >= 11 is 0. The standard InChI is InChI=1S/C20H25N3O2/c1-15-4-2-5-18(12-15)23-14-17(13-21-23)16-7-9-22(10-8-16)20(24)19-6-3-11-25-19/h2,4-5,12-14,16,19H,3,6-11H2,1H3/t19-/m1/s1. The second-order valence-corrected chi connectivity index (χ2v) is 7.16. The van der Waals surface area contributed by atoms with E-state index in [9.17, 15) is 4.79 Å². The molecule has 4 rings (SSSR count). The summed E-state index contributed by atoms with van der Waals surface area (Å²) in [6, 6.07) is 8.36. The molecular weight excluding hydrogens is 314 g/mol. The van der Waals surface area contributed by atoms with Crippen LogP contribution in [-0.4, -0.2) is 46.4 Å². The molecule has 1 atom stereocenters. The number of carbonyl (C=O) groups is 1. The van der Waals surface area contributed by atoms with Crippen LogP contribution in [0.1, 0.15) is 42.7 Å². The molecule has 1 amide bonds. The summed E-state index contributed by atoms with van der Waals surface area (Å²) in [5, 5.41) is 4.54. The van der Waals surface area contributed by atoms with Gasteiger partial charge in [0.25, 0.3) is 5.91 Å². The molecule has 0 unspecified atom stereocenters. The minimum atomic E-state index is -0.194. The highest BCUT2D eigenvalue weighted by Gasteiger charge is 2.31. The van der Waals surface area contributed by atoms with Crippen LogP contribution in [0.3, 0.4) is 0 Å². The minimum absolute atomic E-state index is 0.186. The third-order valence-corrected chi connectivity index (χ3v) is 5.35. The molecule has 0 radical (unpaired) electrons. The zero-order valence-electron chi connectivity index (χ0n) is 14.7. The van der Waals surface area contributed by atoms with Crippen LogP contribution in [0.5, 0.6) is 0 Å². The van der Waals surface area contributed by atoms with Crippen molar-refractivity contribution in [3.63, 3.8) is 0 Å². The summed E-state index contributed by atoms with van der Waals surface area (Å²) < 4.78 is 7.49. The van der Waals surface area contributed by atoms with E-state index in [4.69, 9.17) is 4.74 Å². The predicted molar refractivity (Wildman–Crippen MR) is 95.8 cm³/mol. The number of rotatable bonds is 3. The fourth-order valence-electron chi connectivity index (χ4n) is 3.87. The van der Waals surface area contributed by atoms with E-state index in [2.05, 4.69) is 42.5 Å². The van der Waals surface area contributed by atoms with Crippen molar-refractivity contribution >= 4 is 5.91 Å². The van der Waals surface area contributed by atoms with Crippen LogP contribution in [0.15, 0.2) is 36.7 Å². The van der Waals surface area contributed by atoms with E-state index in [1.807, 2.05) is 15.8 Å². The van der Waals surface area contributed by atoms with Crippen LogP contribution in [0.4, 0.5) is 0 Å². The number of carbonyl (C=O) groups excluding carboxylic acids is 1. The van der Waals surface area contributed by atoms with Crippen molar-refractivity contribution in [1.29, 1.82) is 0 Å². The van der Waals surface area contributed by atoms with Crippen LogP contribution in [-0.2, 0) is 9.53 Å². The smallest absolute Gasteiger partial charge is 0.251 e. The molecule has 0 aliphatic carbocycles. The molecule has 3 heterocycles. The van der Waals surface area contributed by atoms with Crippen molar-refractivity contribution in [2.24, 2.45) is 0 Å². The maximum Gasteiger partial charge on any atom is 0.251 e. The summed E-state index contributed by atoms with van der Waals surface area (Å²) in [5.41, 5.74) is 3.60. The molecule has 1 aromatic carbocycles. The maximum absolute atomic E-state index is 12.4. The first-order chi connectivity index (χ1) is 12.2. The monoisotopic (exact) mass is 339 g/mol. The Morgan fingerprint density at radius 3 is 2.80 bits per heavy atom. The molecule has 2 saturated heterocycles.